The molecule has 1 amide bonds. The zero-order chi connectivity index (χ0) is 32.1. The number of likely N-dealkylation sites (tertiary alicyclic amines) is 1. The van der Waals surface area contributed by atoms with Crippen molar-refractivity contribution in [2.75, 3.05) is 39.5 Å². The molecule has 0 aliphatic carbocycles. The van der Waals surface area contributed by atoms with E-state index in [0.29, 0.717) is 50.0 Å². The van der Waals surface area contributed by atoms with Crippen LogP contribution in [0.2, 0.25) is 10.0 Å². The van der Waals surface area contributed by atoms with E-state index in [1.54, 1.807) is 54.6 Å². The third kappa shape index (κ3) is 7.57. The number of likely N-dealkylation sites (N-methyl/N-ethyl adjacent to an activating group) is 1. The van der Waals surface area contributed by atoms with Crippen molar-refractivity contribution < 1.29 is 9.00 Å². The Kier molecular flexibility index (Phi) is 10.6. The SMILES string of the molecule is CN(C[C@@H](CCN1CCC(c2ccccc2[S@](C)=O)CC1)c1ccc(Cl)c(Cl)c1)C(=O)c1cc(C#N)cc2cc(C#N)ccc12. The predicted octanol–water partition coefficient (Wildman–Crippen LogP) is 7.75. The Morgan fingerprint density at radius 2 is 1.69 bits per heavy atom. The molecule has 6 nitrogen and oxygen atoms in total. The van der Waals surface area contributed by atoms with Gasteiger partial charge in [0.25, 0.3) is 5.91 Å². The van der Waals surface area contributed by atoms with E-state index in [4.69, 9.17) is 23.2 Å². The Morgan fingerprint density at radius 3 is 2.38 bits per heavy atom. The number of nitrogens with zero attached hydrogens (tertiary/aromatic N) is 4. The first kappa shape index (κ1) is 32.7. The molecule has 0 aromatic heterocycles. The second kappa shape index (κ2) is 14.6. The quantitative estimate of drug-likeness (QED) is 0.184. The van der Waals surface area contributed by atoms with Gasteiger partial charge in [-0.05, 0) is 109 Å². The Balaban J connectivity index is 1.33. The third-order valence-electron chi connectivity index (χ3n) is 8.75. The fraction of sp³-hybridized carbons (Fsp3) is 0.306. The number of halogens is 2. The molecule has 2 atom stereocenters. The van der Waals surface area contributed by atoms with Crippen molar-refractivity contribution in [2.45, 2.75) is 36.0 Å². The predicted molar refractivity (Wildman–Crippen MR) is 181 cm³/mol. The maximum atomic E-state index is 13.9. The zero-order valence-electron chi connectivity index (χ0n) is 25.3. The molecule has 1 heterocycles. The second-order valence-electron chi connectivity index (χ2n) is 11.6. The molecule has 5 rings (SSSR count). The summed E-state index contributed by atoms with van der Waals surface area (Å²) in [5.74, 6) is 0.184. The third-order valence-corrected chi connectivity index (χ3v) is 10.5. The number of rotatable bonds is 9. The molecule has 0 N–H and O–H groups in total. The molecular weight excluding hydrogens is 623 g/mol. The first-order valence-electron chi connectivity index (χ1n) is 14.9. The molecule has 1 saturated heterocycles. The molecule has 9 heteroatoms. The van der Waals surface area contributed by atoms with Gasteiger partial charge in [-0.3, -0.25) is 9.00 Å². The Labute approximate surface area is 277 Å². The van der Waals surface area contributed by atoms with Crippen LogP contribution in [-0.4, -0.2) is 59.4 Å². The van der Waals surface area contributed by atoms with Crippen molar-refractivity contribution in [3.63, 3.8) is 0 Å². The van der Waals surface area contributed by atoms with Gasteiger partial charge in [-0.1, -0.05) is 53.5 Å². The number of benzene rings is 4. The van der Waals surface area contributed by atoms with Crippen molar-refractivity contribution >= 4 is 50.7 Å². The minimum atomic E-state index is -1.02. The molecule has 0 radical (unpaired) electrons. The summed E-state index contributed by atoms with van der Waals surface area (Å²) in [6, 6.07) is 26.5. The normalized spacial score (nSPS) is 15.2. The molecule has 0 saturated carbocycles. The van der Waals surface area contributed by atoms with E-state index in [9.17, 15) is 19.5 Å². The van der Waals surface area contributed by atoms with Gasteiger partial charge in [-0.25, -0.2) is 0 Å². The summed E-state index contributed by atoms with van der Waals surface area (Å²) in [6.45, 7) is 3.17. The number of amides is 1. The fourth-order valence-corrected chi connectivity index (χ4v) is 7.46. The van der Waals surface area contributed by atoms with Gasteiger partial charge in [0.05, 0.1) is 44.1 Å². The average Bonchev–Trinajstić information content (AvgIpc) is 3.06. The molecule has 1 aliphatic rings. The summed E-state index contributed by atoms with van der Waals surface area (Å²) in [6.07, 6.45) is 4.55. The van der Waals surface area contributed by atoms with Crippen LogP contribution in [0, 0.1) is 22.7 Å². The topological polar surface area (TPSA) is 88.2 Å². The minimum absolute atomic E-state index is 0.00900. The minimum Gasteiger partial charge on any atom is -0.341 e. The molecule has 0 spiro atoms. The van der Waals surface area contributed by atoms with Crippen LogP contribution in [-0.2, 0) is 10.8 Å². The van der Waals surface area contributed by atoms with E-state index in [-0.39, 0.29) is 11.8 Å². The van der Waals surface area contributed by atoms with Crippen LogP contribution in [0.15, 0.2) is 77.7 Å². The first-order valence-corrected chi connectivity index (χ1v) is 17.2. The number of carbonyl (C=O) groups is 1. The molecule has 45 heavy (non-hydrogen) atoms. The van der Waals surface area contributed by atoms with Gasteiger partial charge in [-0.15, -0.1) is 0 Å². The van der Waals surface area contributed by atoms with Crippen LogP contribution in [0.3, 0.4) is 0 Å². The Hall–Kier alpha value is -3.72. The number of carbonyl (C=O) groups excluding carboxylic acids is 1. The van der Waals surface area contributed by atoms with Crippen molar-refractivity contribution in [1.29, 1.82) is 10.5 Å². The van der Waals surface area contributed by atoms with E-state index in [1.807, 2.05) is 30.3 Å². The molecule has 0 unspecified atom stereocenters. The summed E-state index contributed by atoms with van der Waals surface area (Å²) in [7, 11) is 0.764. The highest BCUT2D eigenvalue weighted by Gasteiger charge is 2.26. The lowest BCUT2D eigenvalue weighted by Crippen LogP contribution is -2.36. The number of fused-ring (bicyclic) bond motifs is 1. The number of hydrogen-bond donors (Lipinski definition) is 0. The smallest absolute Gasteiger partial charge is 0.254 e. The number of piperidine rings is 1. The maximum absolute atomic E-state index is 13.9. The van der Waals surface area contributed by atoms with Crippen LogP contribution in [0.1, 0.15) is 63.7 Å². The van der Waals surface area contributed by atoms with E-state index in [2.05, 4.69) is 23.1 Å². The monoisotopic (exact) mass is 656 g/mol. The van der Waals surface area contributed by atoms with E-state index in [0.717, 1.165) is 49.4 Å². The average molecular weight is 658 g/mol. The van der Waals surface area contributed by atoms with Crippen molar-refractivity contribution in [1.82, 2.24) is 9.80 Å². The standard InChI is InChI=1S/C36H34Cl2N4O2S/c1-41(36(43)32-19-25(22-40)18-29-17-24(21-39)7-9-30(29)32)23-28(27-8-10-33(37)34(38)20-27)13-16-42-14-11-26(12-15-42)31-5-3-4-6-35(31)45(2)44/h3-10,17-20,26,28H,11-16,23H2,1-2H3/t28-,45+/m1/s1. The Bertz CT molecular complexity index is 1830. The summed E-state index contributed by atoms with van der Waals surface area (Å²) < 4.78 is 12.3. The molecular formula is C36H34Cl2N4O2S. The van der Waals surface area contributed by atoms with Gasteiger partial charge in [0.1, 0.15) is 0 Å². The van der Waals surface area contributed by atoms with Gasteiger partial charge >= 0.3 is 0 Å². The molecule has 4 aromatic carbocycles. The lowest BCUT2D eigenvalue weighted by atomic mass is 9.88. The fourth-order valence-electron chi connectivity index (χ4n) is 6.32. The molecule has 1 aliphatic heterocycles. The van der Waals surface area contributed by atoms with Crippen molar-refractivity contribution in [3.05, 3.63) is 111 Å². The van der Waals surface area contributed by atoms with Gasteiger partial charge in [0.2, 0.25) is 0 Å². The molecule has 4 aromatic rings. The first-order chi connectivity index (χ1) is 21.7. The summed E-state index contributed by atoms with van der Waals surface area (Å²) in [5, 5.41) is 21.3. The van der Waals surface area contributed by atoms with E-state index >= 15 is 0 Å². The lowest BCUT2D eigenvalue weighted by Gasteiger charge is -2.34. The zero-order valence-corrected chi connectivity index (χ0v) is 27.6. The van der Waals surface area contributed by atoms with Crippen LogP contribution in [0.5, 0.6) is 0 Å². The molecule has 1 fully saturated rings. The second-order valence-corrected chi connectivity index (χ2v) is 13.8. The molecule has 0 bridgehead atoms. The maximum Gasteiger partial charge on any atom is 0.254 e. The van der Waals surface area contributed by atoms with Crippen molar-refractivity contribution in [2.24, 2.45) is 0 Å². The van der Waals surface area contributed by atoms with Crippen LogP contribution in [0.4, 0.5) is 0 Å². The van der Waals surface area contributed by atoms with Crippen LogP contribution < -0.4 is 0 Å². The number of hydrogen-bond acceptors (Lipinski definition) is 5. The summed E-state index contributed by atoms with van der Waals surface area (Å²) >= 11 is 12.7. The van der Waals surface area contributed by atoms with E-state index in [1.165, 1.54) is 5.56 Å². The summed E-state index contributed by atoms with van der Waals surface area (Å²) in [4.78, 5) is 19.0. The highest BCUT2D eigenvalue weighted by Crippen LogP contribution is 2.34. The molecule has 230 valence electrons. The summed E-state index contributed by atoms with van der Waals surface area (Å²) in [5.41, 5.74) is 3.47. The van der Waals surface area contributed by atoms with Crippen LogP contribution >= 0.6 is 23.2 Å². The highest BCUT2D eigenvalue weighted by molar-refractivity contribution is 7.84. The lowest BCUT2D eigenvalue weighted by molar-refractivity contribution is 0.0783. The highest BCUT2D eigenvalue weighted by atomic mass is 35.5. The van der Waals surface area contributed by atoms with Crippen LogP contribution in [0.25, 0.3) is 10.8 Å². The number of nitriles is 2. The van der Waals surface area contributed by atoms with Gasteiger partial charge < -0.3 is 9.80 Å². The van der Waals surface area contributed by atoms with Gasteiger partial charge in [0, 0.05) is 36.2 Å². The van der Waals surface area contributed by atoms with Gasteiger partial charge in [-0.2, -0.15) is 10.5 Å². The Morgan fingerprint density at radius 1 is 0.978 bits per heavy atom. The van der Waals surface area contributed by atoms with Gasteiger partial charge in [0.15, 0.2) is 0 Å². The van der Waals surface area contributed by atoms with Crippen molar-refractivity contribution in [3.8, 4) is 12.1 Å². The largest absolute Gasteiger partial charge is 0.341 e. The van der Waals surface area contributed by atoms with E-state index < -0.39 is 10.8 Å².